The fourth-order valence-electron chi connectivity index (χ4n) is 3.70. The highest BCUT2D eigenvalue weighted by Crippen LogP contribution is 2.26. The molecule has 0 aromatic heterocycles. The molecule has 7 heteroatoms. The summed E-state index contributed by atoms with van der Waals surface area (Å²) in [5.41, 5.74) is 1.19. The summed E-state index contributed by atoms with van der Waals surface area (Å²) in [5.74, 6) is 2.01. The van der Waals surface area contributed by atoms with Crippen molar-refractivity contribution in [1.82, 2.24) is 16.0 Å². The lowest BCUT2D eigenvalue weighted by molar-refractivity contribution is -0.126. The molecule has 29 heavy (non-hydrogen) atoms. The van der Waals surface area contributed by atoms with Crippen LogP contribution in [0.3, 0.4) is 0 Å². The Labute approximate surface area is 191 Å². The zero-order valence-electron chi connectivity index (χ0n) is 17.7. The number of hydrogen-bond donors (Lipinski definition) is 3. The van der Waals surface area contributed by atoms with E-state index in [-0.39, 0.29) is 47.9 Å². The van der Waals surface area contributed by atoms with Crippen LogP contribution in [0.4, 0.5) is 0 Å². The number of carbonyl (C=O) groups excluding carboxylic acids is 1. The number of nitrogens with one attached hydrogen (secondary N) is 3. The van der Waals surface area contributed by atoms with E-state index in [0.29, 0.717) is 12.6 Å². The summed E-state index contributed by atoms with van der Waals surface area (Å²) in [6.07, 6.45) is 6.30. The number of halogens is 1. The van der Waals surface area contributed by atoms with Crippen molar-refractivity contribution in [2.24, 2.45) is 10.9 Å². The van der Waals surface area contributed by atoms with E-state index in [1.807, 2.05) is 25.1 Å². The number of amides is 1. The van der Waals surface area contributed by atoms with Crippen molar-refractivity contribution in [1.29, 1.82) is 0 Å². The minimum absolute atomic E-state index is 0. The maximum Gasteiger partial charge on any atom is 0.223 e. The van der Waals surface area contributed by atoms with Crippen LogP contribution in [0.5, 0.6) is 5.75 Å². The van der Waals surface area contributed by atoms with Crippen molar-refractivity contribution in [3.63, 3.8) is 0 Å². The molecule has 1 aromatic carbocycles. The first-order chi connectivity index (χ1) is 13.5. The summed E-state index contributed by atoms with van der Waals surface area (Å²) in [7, 11) is 1.78. The molecule has 2 saturated carbocycles. The number of nitrogens with zero attached hydrogens (tertiary/aromatic N) is 1. The third-order valence-corrected chi connectivity index (χ3v) is 5.42. The van der Waals surface area contributed by atoms with Crippen molar-refractivity contribution < 1.29 is 9.53 Å². The molecular formula is C22H35IN4O2. The number of ether oxygens (including phenoxy) is 1. The standard InChI is InChI=1S/C22H34N4O2.HI/c1-15-6-4-9-20(12-15)28-16(2)14-24-22(23-3)26-19-8-5-7-17(13-19)21(27)25-18-10-11-18;/h4,6,9,12,16-19H,5,7-8,10-11,13-14H2,1-3H3,(H,25,27)(H2,23,24,26);1H. The molecule has 3 rings (SSSR count). The van der Waals surface area contributed by atoms with E-state index in [1.165, 1.54) is 5.56 Å². The van der Waals surface area contributed by atoms with Gasteiger partial charge in [0.2, 0.25) is 5.91 Å². The molecule has 2 aliphatic rings. The largest absolute Gasteiger partial charge is 0.489 e. The molecule has 3 N–H and O–H groups in total. The van der Waals surface area contributed by atoms with E-state index >= 15 is 0 Å². The third kappa shape index (κ3) is 8.03. The van der Waals surface area contributed by atoms with Crippen molar-refractivity contribution in [3.05, 3.63) is 29.8 Å². The first-order valence-corrected chi connectivity index (χ1v) is 10.5. The normalized spacial score (nSPS) is 22.8. The first kappa shape index (κ1) is 23.8. The van der Waals surface area contributed by atoms with Gasteiger partial charge in [0.05, 0.1) is 6.54 Å². The van der Waals surface area contributed by atoms with Gasteiger partial charge in [-0.1, -0.05) is 18.6 Å². The summed E-state index contributed by atoms with van der Waals surface area (Å²) in [6.45, 7) is 4.76. The van der Waals surface area contributed by atoms with Gasteiger partial charge in [0.1, 0.15) is 11.9 Å². The van der Waals surface area contributed by atoms with Crippen LogP contribution >= 0.6 is 24.0 Å². The number of hydrogen-bond acceptors (Lipinski definition) is 3. The van der Waals surface area contributed by atoms with Crippen LogP contribution in [-0.4, -0.2) is 43.6 Å². The van der Waals surface area contributed by atoms with Crippen LogP contribution in [0.2, 0.25) is 0 Å². The quantitative estimate of drug-likeness (QED) is 0.297. The minimum Gasteiger partial charge on any atom is -0.489 e. The fraction of sp³-hybridized carbons (Fsp3) is 0.636. The lowest BCUT2D eigenvalue weighted by atomic mass is 9.85. The van der Waals surface area contributed by atoms with Crippen LogP contribution in [-0.2, 0) is 4.79 Å². The van der Waals surface area contributed by atoms with Gasteiger partial charge in [-0.25, -0.2) is 0 Å². The van der Waals surface area contributed by atoms with Gasteiger partial charge in [0.15, 0.2) is 5.96 Å². The first-order valence-electron chi connectivity index (χ1n) is 10.5. The molecule has 3 unspecified atom stereocenters. The Kier molecular flexibility index (Phi) is 9.52. The summed E-state index contributed by atoms with van der Waals surface area (Å²) in [6, 6.07) is 8.80. The summed E-state index contributed by atoms with van der Waals surface area (Å²) < 4.78 is 5.97. The molecule has 0 saturated heterocycles. The van der Waals surface area contributed by atoms with Gasteiger partial charge >= 0.3 is 0 Å². The number of guanidine groups is 1. The topological polar surface area (TPSA) is 74.8 Å². The molecule has 2 aliphatic carbocycles. The van der Waals surface area contributed by atoms with E-state index in [1.54, 1.807) is 7.05 Å². The molecular weight excluding hydrogens is 479 g/mol. The Morgan fingerprint density at radius 3 is 2.69 bits per heavy atom. The Hall–Kier alpha value is -1.51. The van der Waals surface area contributed by atoms with Gasteiger partial charge in [-0.15, -0.1) is 24.0 Å². The van der Waals surface area contributed by atoms with Crippen LogP contribution in [0.15, 0.2) is 29.3 Å². The Morgan fingerprint density at radius 1 is 1.21 bits per heavy atom. The van der Waals surface area contributed by atoms with Gasteiger partial charge in [-0.3, -0.25) is 9.79 Å². The number of aryl methyl sites for hydroxylation is 1. The van der Waals surface area contributed by atoms with Gasteiger partial charge < -0.3 is 20.7 Å². The maximum absolute atomic E-state index is 12.4. The van der Waals surface area contributed by atoms with Gasteiger partial charge in [-0.05, 0) is 63.6 Å². The molecule has 162 valence electrons. The van der Waals surface area contributed by atoms with Crippen LogP contribution in [0.25, 0.3) is 0 Å². The van der Waals surface area contributed by atoms with Crippen molar-refractivity contribution in [2.75, 3.05) is 13.6 Å². The second-order valence-electron chi connectivity index (χ2n) is 8.19. The van der Waals surface area contributed by atoms with Crippen molar-refractivity contribution >= 4 is 35.8 Å². The predicted octanol–water partition coefficient (Wildman–Crippen LogP) is 3.38. The lowest BCUT2D eigenvalue weighted by Crippen LogP contribution is -2.48. The van der Waals surface area contributed by atoms with E-state index in [2.05, 4.69) is 33.9 Å². The lowest BCUT2D eigenvalue weighted by Gasteiger charge is -2.30. The van der Waals surface area contributed by atoms with E-state index in [0.717, 1.165) is 50.2 Å². The number of carbonyl (C=O) groups is 1. The zero-order chi connectivity index (χ0) is 19.9. The number of benzene rings is 1. The highest BCUT2D eigenvalue weighted by molar-refractivity contribution is 14.0. The molecule has 0 bridgehead atoms. The summed E-state index contributed by atoms with van der Waals surface area (Å²) >= 11 is 0. The van der Waals surface area contributed by atoms with Crippen LogP contribution in [0.1, 0.15) is 51.0 Å². The average molecular weight is 514 g/mol. The second-order valence-corrected chi connectivity index (χ2v) is 8.19. The molecule has 0 heterocycles. The van der Waals surface area contributed by atoms with Crippen molar-refractivity contribution in [3.8, 4) is 5.75 Å². The van der Waals surface area contributed by atoms with E-state index in [9.17, 15) is 4.79 Å². The molecule has 0 spiro atoms. The predicted molar refractivity (Wildman–Crippen MR) is 128 cm³/mol. The molecule has 0 aliphatic heterocycles. The Morgan fingerprint density at radius 2 is 2.00 bits per heavy atom. The zero-order valence-corrected chi connectivity index (χ0v) is 20.1. The molecule has 0 radical (unpaired) electrons. The molecule has 6 nitrogen and oxygen atoms in total. The molecule has 3 atom stereocenters. The highest BCUT2D eigenvalue weighted by Gasteiger charge is 2.31. The van der Waals surface area contributed by atoms with Gasteiger partial charge in [0.25, 0.3) is 0 Å². The highest BCUT2D eigenvalue weighted by atomic mass is 127. The van der Waals surface area contributed by atoms with E-state index in [4.69, 9.17) is 4.74 Å². The van der Waals surface area contributed by atoms with Gasteiger partial charge in [0, 0.05) is 25.0 Å². The fourth-order valence-corrected chi connectivity index (χ4v) is 3.70. The molecule has 2 fully saturated rings. The number of rotatable bonds is 7. The van der Waals surface area contributed by atoms with Gasteiger partial charge in [-0.2, -0.15) is 0 Å². The molecule has 1 amide bonds. The minimum atomic E-state index is 0. The smallest absolute Gasteiger partial charge is 0.223 e. The molecule has 1 aromatic rings. The van der Waals surface area contributed by atoms with Crippen LogP contribution in [0, 0.1) is 12.8 Å². The maximum atomic E-state index is 12.4. The van der Waals surface area contributed by atoms with Crippen molar-refractivity contribution in [2.45, 2.75) is 70.6 Å². The second kappa shape index (κ2) is 11.6. The van der Waals surface area contributed by atoms with Crippen LogP contribution < -0.4 is 20.7 Å². The SMILES string of the molecule is CN=C(NCC(C)Oc1cccc(C)c1)NC1CCCC(C(=O)NC2CC2)C1.I. The van der Waals surface area contributed by atoms with E-state index < -0.39 is 0 Å². The number of aliphatic imine (C=N–C) groups is 1. The Bertz CT molecular complexity index is 693. The Balaban J connectivity index is 0.00000300. The summed E-state index contributed by atoms with van der Waals surface area (Å²) in [5, 5.41) is 9.99. The average Bonchev–Trinajstić information content (AvgIpc) is 3.49. The monoisotopic (exact) mass is 514 g/mol. The third-order valence-electron chi connectivity index (χ3n) is 5.42. The summed E-state index contributed by atoms with van der Waals surface area (Å²) in [4.78, 5) is 16.7.